The van der Waals surface area contributed by atoms with Gasteiger partial charge in [-0.3, -0.25) is 4.79 Å². The van der Waals surface area contributed by atoms with Crippen molar-refractivity contribution in [1.82, 2.24) is 0 Å². The largest absolute Gasteiger partial charge is 0.481 e. The molecule has 1 saturated heterocycles. The van der Waals surface area contributed by atoms with Gasteiger partial charge in [0.05, 0.1) is 12.5 Å². The van der Waals surface area contributed by atoms with E-state index in [1.165, 1.54) is 0 Å². The van der Waals surface area contributed by atoms with E-state index in [1.807, 2.05) is 0 Å². The van der Waals surface area contributed by atoms with Crippen molar-refractivity contribution in [2.24, 2.45) is 0 Å². The molecule has 0 radical (unpaired) electrons. The first-order valence-corrected chi connectivity index (χ1v) is 4.67. The Kier molecular flexibility index (Phi) is 4.18. The number of carboxylic acid groups (broad SMARTS) is 1. The number of carboxylic acids is 1. The Morgan fingerprint density at radius 3 is 3.00 bits per heavy atom. The molecule has 0 aromatic carbocycles. The lowest BCUT2D eigenvalue weighted by Gasteiger charge is -2.25. The highest BCUT2D eigenvalue weighted by atomic mass is 16.7. The van der Waals surface area contributed by atoms with Gasteiger partial charge < -0.3 is 14.6 Å². The van der Waals surface area contributed by atoms with Crippen molar-refractivity contribution in [3.8, 4) is 0 Å². The Bertz CT molecular complexity index is 163. The maximum atomic E-state index is 10.3. The number of aliphatic carboxylic acids is 1. The SMILES string of the molecule is C[C@@H](CC(=O)O)OC1CCCCO1. The summed E-state index contributed by atoms with van der Waals surface area (Å²) in [6, 6.07) is 0. The molecule has 4 nitrogen and oxygen atoms in total. The van der Waals surface area contributed by atoms with E-state index in [2.05, 4.69) is 0 Å². The maximum Gasteiger partial charge on any atom is 0.305 e. The van der Waals surface area contributed by atoms with Crippen LogP contribution in [0.1, 0.15) is 32.6 Å². The van der Waals surface area contributed by atoms with Crippen molar-refractivity contribution >= 4 is 5.97 Å². The molecule has 4 heteroatoms. The second-order valence-electron chi connectivity index (χ2n) is 3.34. The van der Waals surface area contributed by atoms with Gasteiger partial charge in [-0.15, -0.1) is 0 Å². The summed E-state index contributed by atoms with van der Waals surface area (Å²) >= 11 is 0. The quantitative estimate of drug-likeness (QED) is 0.724. The molecule has 13 heavy (non-hydrogen) atoms. The molecule has 0 bridgehead atoms. The van der Waals surface area contributed by atoms with Crippen LogP contribution in [0.3, 0.4) is 0 Å². The molecule has 1 aliphatic heterocycles. The van der Waals surface area contributed by atoms with E-state index in [1.54, 1.807) is 6.92 Å². The normalized spacial score (nSPS) is 25.5. The van der Waals surface area contributed by atoms with Crippen molar-refractivity contribution in [3.63, 3.8) is 0 Å². The van der Waals surface area contributed by atoms with Gasteiger partial charge in [0.1, 0.15) is 0 Å². The summed E-state index contributed by atoms with van der Waals surface area (Å²) in [5, 5.41) is 8.49. The lowest BCUT2D eigenvalue weighted by atomic mass is 10.2. The van der Waals surface area contributed by atoms with Crippen LogP contribution >= 0.6 is 0 Å². The Labute approximate surface area is 77.8 Å². The van der Waals surface area contributed by atoms with Crippen molar-refractivity contribution in [2.75, 3.05) is 6.61 Å². The van der Waals surface area contributed by atoms with E-state index in [0.717, 1.165) is 25.9 Å². The molecule has 1 fully saturated rings. The third-order valence-electron chi connectivity index (χ3n) is 1.98. The fourth-order valence-electron chi connectivity index (χ4n) is 1.37. The molecule has 0 amide bonds. The van der Waals surface area contributed by atoms with Crippen LogP contribution in [-0.2, 0) is 14.3 Å². The van der Waals surface area contributed by atoms with Crippen molar-refractivity contribution in [1.29, 1.82) is 0 Å². The van der Waals surface area contributed by atoms with E-state index < -0.39 is 5.97 Å². The predicted molar refractivity (Wildman–Crippen MR) is 46.4 cm³/mol. The Balaban J connectivity index is 2.18. The van der Waals surface area contributed by atoms with Gasteiger partial charge in [0, 0.05) is 6.61 Å². The number of hydrogen-bond acceptors (Lipinski definition) is 3. The molecule has 0 saturated carbocycles. The maximum absolute atomic E-state index is 10.3. The summed E-state index contributed by atoms with van der Waals surface area (Å²) in [7, 11) is 0. The van der Waals surface area contributed by atoms with E-state index >= 15 is 0 Å². The van der Waals surface area contributed by atoms with Crippen LogP contribution in [0.15, 0.2) is 0 Å². The van der Waals surface area contributed by atoms with Crippen molar-refractivity contribution in [2.45, 2.75) is 45.0 Å². The van der Waals surface area contributed by atoms with Gasteiger partial charge in [0.2, 0.25) is 0 Å². The van der Waals surface area contributed by atoms with E-state index in [9.17, 15) is 4.79 Å². The van der Waals surface area contributed by atoms with Gasteiger partial charge in [-0.1, -0.05) is 0 Å². The van der Waals surface area contributed by atoms with Gasteiger partial charge in [0.25, 0.3) is 0 Å². The molecule has 0 aromatic rings. The van der Waals surface area contributed by atoms with Gasteiger partial charge in [-0.25, -0.2) is 0 Å². The van der Waals surface area contributed by atoms with E-state index in [4.69, 9.17) is 14.6 Å². The average molecular weight is 188 g/mol. The molecule has 0 aliphatic carbocycles. The first-order chi connectivity index (χ1) is 6.18. The number of ether oxygens (including phenoxy) is 2. The second-order valence-corrected chi connectivity index (χ2v) is 3.34. The van der Waals surface area contributed by atoms with Gasteiger partial charge in [-0.05, 0) is 26.2 Å². The third kappa shape index (κ3) is 4.24. The van der Waals surface area contributed by atoms with E-state index in [-0.39, 0.29) is 18.8 Å². The highest BCUT2D eigenvalue weighted by Gasteiger charge is 2.18. The average Bonchev–Trinajstić information content (AvgIpc) is 2.04. The zero-order valence-electron chi connectivity index (χ0n) is 7.86. The fraction of sp³-hybridized carbons (Fsp3) is 0.889. The molecule has 1 aliphatic rings. The van der Waals surface area contributed by atoms with Crippen LogP contribution < -0.4 is 0 Å². The van der Waals surface area contributed by atoms with Crippen LogP contribution in [-0.4, -0.2) is 30.1 Å². The Hall–Kier alpha value is -0.610. The summed E-state index contributed by atoms with van der Waals surface area (Å²) in [5.41, 5.74) is 0. The summed E-state index contributed by atoms with van der Waals surface area (Å²) in [5.74, 6) is -0.830. The highest BCUT2D eigenvalue weighted by Crippen LogP contribution is 2.16. The summed E-state index contributed by atoms with van der Waals surface area (Å²) in [4.78, 5) is 10.3. The number of rotatable bonds is 4. The van der Waals surface area contributed by atoms with Gasteiger partial charge in [-0.2, -0.15) is 0 Å². The van der Waals surface area contributed by atoms with Crippen molar-refractivity contribution < 1.29 is 19.4 Å². The van der Waals surface area contributed by atoms with Crippen LogP contribution in [0.4, 0.5) is 0 Å². The molecular formula is C9H16O4. The number of hydrogen-bond donors (Lipinski definition) is 1. The minimum absolute atomic E-state index is 0.0415. The molecule has 1 heterocycles. The number of carbonyl (C=O) groups is 1. The van der Waals surface area contributed by atoms with Crippen LogP contribution in [0.25, 0.3) is 0 Å². The Morgan fingerprint density at radius 1 is 1.69 bits per heavy atom. The molecule has 0 spiro atoms. The molecule has 2 atom stereocenters. The lowest BCUT2D eigenvalue weighted by molar-refractivity contribution is -0.188. The lowest BCUT2D eigenvalue weighted by Crippen LogP contribution is -2.27. The topological polar surface area (TPSA) is 55.8 Å². The Morgan fingerprint density at radius 2 is 2.46 bits per heavy atom. The molecule has 1 N–H and O–H groups in total. The standard InChI is InChI=1S/C9H16O4/c1-7(6-8(10)11)13-9-4-2-3-5-12-9/h7,9H,2-6H2,1H3,(H,10,11)/t7-,9?/m0/s1. The second kappa shape index (κ2) is 5.19. The summed E-state index contributed by atoms with van der Waals surface area (Å²) in [6.45, 7) is 2.48. The molecule has 1 unspecified atom stereocenters. The fourth-order valence-corrected chi connectivity index (χ4v) is 1.37. The molecule has 0 aromatic heterocycles. The van der Waals surface area contributed by atoms with Gasteiger partial charge >= 0.3 is 5.97 Å². The van der Waals surface area contributed by atoms with Crippen LogP contribution in [0.5, 0.6) is 0 Å². The molecule has 76 valence electrons. The monoisotopic (exact) mass is 188 g/mol. The smallest absolute Gasteiger partial charge is 0.305 e. The predicted octanol–water partition coefficient (Wildman–Crippen LogP) is 1.39. The zero-order valence-corrected chi connectivity index (χ0v) is 7.86. The molecular weight excluding hydrogens is 172 g/mol. The van der Waals surface area contributed by atoms with Gasteiger partial charge in [0.15, 0.2) is 6.29 Å². The van der Waals surface area contributed by atoms with Crippen molar-refractivity contribution in [3.05, 3.63) is 0 Å². The molecule has 1 rings (SSSR count). The minimum Gasteiger partial charge on any atom is -0.481 e. The summed E-state index contributed by atoms with van der Waals surface area (Å²) < 4.78 is 10.7. The van der Waals surface area contributed by atoms with Crippen LogP contribution in [0.2, 0.25) is 0 Å². The zero-order chi connectivity index (χ0) is 9.68. The third-order valence-corrected chi connectivity index (χ3v) is 1.98. The summed E-state index contributed by atoms with van der Waals surface area (Å²) in [6.07, 6.45) is 2.64. The highest BCUT2D eigenvalue weighted by molar-refractivity contribution is 5.67. The first kappa shape index (κ1) is 10.5. The van der Waals surface area contributed by atoms with Crippen LogP contribution in [0, 0.1) is 0 Å². The first-order valence-electron chi connectivity index (χ1n) is 4.67. The van der Waals surface area contributed by atoms with E-state index in [0.29, 0.717) is 0 Å². The minimum atomic E-state index is -0.830.